The summed E-state index contributed by atoms with van der Waals surface area (Å²) in [5.41, 5.74) is 1.66. The number of rotatable bonds is 3. The first-order valence-corrected chi connectivity index (χ1v) is 5.22. The molecular formula is C13H14FNO. The average molecular weight is 219 g/mol. The quantitative estimate of drug-likeness (QED) is 0.846. The van der Waals surface area contributed by atoms with Crippen molar-refractivity contribution in [2.45, 2.75) is 19.9 Å². The van der Waals surface area contributed by atoms with E-state index in [9.17, 15) is 4.39 Å². The monoisotopic (exact) mass is 219 g/mol. The zero-order valence-corrected chi connectivity index (χ0v) is 9.33. The summed E-state index contributed by atoms with van der Waals surface area (Å²) in [6.07, 6.45) is 1.63. The largest absolute Gasteiger partial charge is 0.467 e. The highest BCUT2D eigenvalue weighted by Crippen LogP contribution is 2.21. The minimum atomic E-state index is -0.228. The molecule has 1 heterocycles. The van der Waals surface area contributed by atoms with E-state index in [0.29, 0.717) is 0 Å². The molecule has 1 unspecified atom stereocenters. The standard InChI is InChI=1S/C13H14FNO/c1-9-6-11(14)8-12(7-9)15-10(2)13-4-3-5-16-13/h3-8,10,15H,1-2H3. The van der Waals surface area contributed by atoms with Crippen LogP contribution in [0, 0.1) is 12.7 Å². The molecule has 0 saturated heterocycles. The van der Waals surface area contributed by atoms with E-state index in [0.717, 1.165) is 17.0 Å². The fraction of sp³-hybridized carbons (Fsp3) is 0.231. The molecule has 1 N–H and O–H groups in total. The van der Waals surface area contributed by atoms with Crippen LogP contribution in [0.25, 0.3) is 0 Å². The molecule has 1 atom stereocenters. The number of anilines is 1. The van der Waals surface area contributed by atoms with E-state index in [1.165, 1.54) is 12.1 Å². The van der Waals surface area contributed by atoms with Crippen LogP contribution in [0.5, 0.6) is 0 Å². The third kappa shape index (κ3) is 2.42. The minimum Gasteiger partial charge on any atom is -0.467 e. The van der Waals surface area contributed by atoms with Gasteiger partial charge in [-0.25, -0.2) is 4.39 Å². The van der Waals surface area contributed by atoms with E-state index in [-0.39, 0.29) is 11.9 Å². The van der Waals surface area contributed by atoms with E-state index in [4.69, 9.17) is 4.42 Å². The maximum absolute atomic E-state index is 13.2. The zero-order valence-electron chi connectivity index (χ0n) is 9.33. The maximum atomic E-state index is 13.2. The zero-order chi connectivity index (χ0) is 11.5. The third-order valence-corrected chi connectivity index (χ3v) is 2.40. The van der Waals surface area contributed by atoms with Gasteiger partial charge in [0.15, 0.2) is 0 Å². The van der Waals surface area contributed by atoms with E-state index >= 15 is 0 Å². The molecule has 2 rings (SSSR count). The lowest BCUT2D eigenvalue weighted by atomic mass is 10.2. The molecule has 2 aromatic rings. The third-order valence-electron chi connectivity index (χ3n) is 2.40. The first-order valence-electron chi connectivity index (χ1n) is 5.22. The van der Waals surface area contributed by atoms with E-state index in [1.807, 2.05) is 32.0 Å². The van der Waals surface area contributed by atoms with Gasteiger partial charge < -0.3 is 9.73 Å². The number of nitrogens with one attached hydrogen (secondary N) is 1. The number of halogens is 1. The molecule has 0 fully saturated rings. The van der Waals surface area contributed by atoms with Gasteiger partial charge in [-0.05, 0) is 49.7 Å². The van der Waals surface area contributed by atoms with Gasteiger partial charge in [-0.15, -0.1) is 0 Å². The number of aryl methyl sites for hydroxylation is 1. The van der Waals surface area contributed by atoms with Crippen LogP contribution < -0.4 is 5.32 Å². The summed E-state index contributed by atoms with van der Waals surface area (Å²) in [7, 11) is 0. The van der Waals surface area contributed by atoms with Gasteiger partial charge in [0.25, 0.3) is 0 Å². The lowest BCUT2D eigenvalue weighted by molar-refractivity contribution is 0.490. The van der Waals surface area contributed by atoms with Crippen molar-refractivity contribution in [3.63, 3.8) is 0 Å². The second kappa shape index (κ2) is 4.39. The second-order valence-electron chi connectivity index (χ2n) is 3.90. The molecule has 0 spiro atoms. The van der Waals surface area contributed by atoms with E-state index in [1.54, 1.807) is 6.26 Å². The predicted octanol–water partition coefficient (Wildman–Crippen LogP) is 3.90. The van der Waals surface area contributed by atoms with E-state index in [2.05, 4.69) is 5.32 Å². The van der Waals surface area contributed by atoms with Gasteiger partial charge in [0, 0.05) is 5.69 Å². The van der Waals surface area contributed by atoms with Gasteiger partial charge in [-0.1, -0.05) is 0 Å². The van der Waals surface area contributed by atoms with E-state index < -0.39 is 0 Å². The second-order valence-corrected chi connectivity index (χ2v) is 3.90. The Morgan fingerprint density at radius 3 is 2.75 bits per heavy atom. The van der Waals surface area contributed by atoms with Crippen LogP contribution in [0.3, 0.4) is 0 Å². The Morgan fingerprint density at radius 2 is 2.12 bits per heavy atom. The number of hydrogen-bond donors (Lipinski definition) is 1. The van der Waals surface area contributed by atoms with Crippen molar-refractivity contribution in [2.75, 3.05) is 5.32 Å². The molecule has 0 amide bonds. The minimum absolute atomic E-state index is 0.0243. The molecule has 0 aliphatic heterocycles. The number of furan rings is 1. The highest BCUT2D eigenvalue weighted by atomic mass is 19.1. The van der Waals surface area contributed by atoms with Gasteiger partial charge in [0.05, 0.1) is 12.3 Å². The molecular weight excluding hydrogens is 205 g/mol. The molecule has 0 aliphatic carbocycles. The Labute approximate surface area is 94.1 Å². The highest BCUT2D eigenvalue weighted by molar-refractivity contribution is 5.47. The molecule has 84 valence electrons. The Morgan fingerprint density at radius 1 is 1.31 bits per heavy atom. The molecule has 2 nitrogen and oxygen atoms in total. The summed E-state index contributed by atoms with van der Waals surface area (Å²) < 4.78 is 18.4. The van der Waals surface area contributed by atoms with Crippen LogP contribution in [0.2, 0.25) is 0 Å². The van der Waals surface area contributed by atoms with Crippen LogP contribution in [-0.4, -0.2) is 0 Å². The van der Waals surface area contributed by atoms with Gasteiger partial charge in [0.2, 0.25) is 0 Å². The maximum Gasteiger partial charge on any atom is 0.125 e. The van der Waals surface area contributed by atoms with Gasteiger partial charge in [-0.3, -0.25) is 0 Å². The fourth-order valence-electron chi connectivity index (χ4n) is 1.68. The van der Waals surface area contributed by atoms with Crippen molar-refractivity contribution in [1.82, 2.24) is 0 Å². The highest BCUT2D eigenvalue weighted by Gasteiger charge is 2.08. The van der Waals surface area contributed by atoms with Gasteiger partial charge in [0.1, 0.15) is 11.6 Å². The van der Waals surface area contributed by atoms with Crippen molar-refractivity contribution in [2.24, 2.45) is 0 Å². The van der Waals surface area contributed by atoms with Crippen molar-refractivity contribution in [1.29, 1.82) is 0 Å². The van der Waals surface area contributed by atoms with Crippen LogP contribution in [0.15, 0.2) is 41.0 Å². The van der Waals surface area contributed by atoms with Gasteiger partial charge >= 0.3 is 0 Å². The van der Waals surface area contributed by atoms with Crippen molar-refractivity contribution >= 4 is 5.69 Å². The lowest BCUT2D eigenvalue weighted by Crippen LogP contribution is -2.05. The molecule has 0 radical (unpaired) electrons. The predicted molar refractivity (Wildman–Crippen MR) is 61.9 cm³/mol. The SMILES string of the molecule is Cc1cc(F)cc(NC(C)c2ccco2)c1. The summed E-state index contributed by atoms with van der Waals surface area (Å²) in [5, 5.41) is 3.19. The first-order chi connectivity index (χ1) is 7.65. The Hall–Kier alpha value is -1.77. The van der Waals surface area contributed by atoms with Crippen LogP contribution in [0.4, 0.5) is 10.1 Å². The molecule has 0 bridgehead atoms. The smallest absolute Gasteiger partial charge is 0.125 e. The first kappa shape index (κ1) is 10.7. The van der Waals surface area contributed by atoms with Crippen LogP contribution in [0.1, 0.15) is 24.3 Å². The van der Waals surface area contributed by atoms with Crippen LogP contribution in [-0.2, 0) is 0 Å². The molecule has 16 heavy (non-hydrogen) atoms. The van der Waals surface area contributed by atoms with Crippen molar-refractivity contribution in [3.8, 4) is 0 Å². The summed E-state index contributed by atoms with van der Waals surface area (Å²) in [6.45, 7) is 3.84. The van der Waals surface area contributed by atoms with Crippen LogP contribution >= 0.6 is 0 Å². The molecule has 0 saturated carbocycles. The summed E-state index contributed by atoms with van der Waals surface area (Å²) in [5.74, 6) is 0.607. The fourth-order valence-corrected chi connectivity index (χ4v) is 1.68. The normalized spacial score (nSPS) is 12.4. The molecule has 1 aromatic heterocycles. The molecule has 1 aromatic carbocycles. The number of benzene rings is 1. The summed E-state index contributed by atoms with van der Waals surface area (Å²) >= 11 is 0. The summed E-state index contributed by atoms with van der Waals surface area (Å²) in [6, 6.07) is 8.64. The lowest BCUT2D eigenvalue weighted by Gasteiger charge is -2.13. The Kier molecular flexibility index (Phi) is 2.95. The number of hydrogen-bond acceptors (Lipinski definition) is 2. The topological polar surface area (TPSA) is 25.2 Å². The van der Waals surface area contributed by atoms with Gasteiger partial charge in [-0.2, -0.15) is 0 Å². The summed E-state index contributed by atoms with van der Waals surface area (Å²) in [4.78, 5) is 0. The molecule has 3 heteroatoms. The van der Waals surface area contributed by atoms with Crippen molar-refractivity contribution < 1.29 is 8.81 Å². The van der Waals surface area contributed by atoms with Crippen molar-refractivity contribution in [3.05, 3.63) is 53.7 Å². The average Bonchev–Trinajstić information content (AvgIpc) is 2.68. The molecule has 0 aliphatic rings. The Balaban J connectivity index is 2.15. The Bertz CT molecular complexity index is 445.